The zero-order valence-corrected chi connectivity index (χ0v) is 15.1. The number of nitrogens with one attached hydrogen (secondary N) is 2. The van der Waals surface area contributed by atoms with E-state index >= 15 is 0 Å². The zero-order valence-electron chi connectivity index (χ0n) is 15.1. The standard InChI is InChI=1S/C18H29N3O3/c1-5-23-17(22)10-7-11-20-18(19-4)21-13-15(3)24-16-9-6-8-14(2)12-16/h6,8-9,12,15H,5,7,10-11,13H2,1-4H3,(H2,19,20,21). The lowest BCUT2D eigenvalue weighted by Gasteiger charge is -2.18. The van der Waals surface area contributed by atoms with E-state index in [9.17, 15) is 4.79 Å². The van der Waals surface area contributed by atoms with E-state index in [1.165, 1.54) is 5.56 Å². The van der Waals surface area contributed by atoms with Gasteiger partial charge in [-0.05, 0) is 44.9 Å². The average molecular weight is 335 g/mol. The lowest BCUT2D eigenvalue weighted by Crippen LogP contribution is -2.42. The van der Waals surface area contributed by atoms with Crippen molar-refractivity contribution in [2.75, 3.05) is 26.7 Å². The van der Waals surface area contributed by atoms with Gasteiger partial charge >= 0.3 is 5.97 Å². The van der Waals surface area contributed by atoms with Crippen molar-refractivity contribution in [1.82, 2.24) is 10.6 Å². The number of aliphatic imine (C=N–C) groups is 1. The van der Waals surface area contributed by atoms with Gasteiger partial charge in [0.25, 0.3) is 0 Å². The van der Waals surface area contributed by atoms with Crippen LogP contribution in [0.25, 0.3) is 0 Å². The van der Waals surface area contributed by atoms with Crippen molar-refractivity contribution in [2.45, 2.75) is 39.7 Å². The molecule has 0 aromatic heterocycles. The number of carbonyl (C=O) groups excluding carboxylic acids is 1. The number of ether oxygens (including phenoxy) is 2. The molecule has 1 atom stereocenters. The van der Waals surface area contributed by atoms with Crippen molar-refractivity contribution in [1.29, 1.82) is 0 Å². The summed E-state index contributed by atoms with van der Waals surface area (Å²) in [6, 6.07) is 7.98. The summed E-state index contributed by atoms with van der Waals surface area (Å²) in [5.74, 6) is 1.39. The molecule has 0 bridgehead atoms. The summed E-state index contributed by atoms with van der Waals surface area (Å²) >= 11 is 0. The van der Waals surface area contributed by atoms with Crippen LogP contribution in [0.15, 0.2) is 29.3 Å². The molecule has 0 fully saturated rings. The van der Waals surface area contributed by atoms with Gasteiger partial charge in [0.05, 0.1) is 13.2 Å². The van der Waals surface area contributed by atoms with E-state index in [1.54, 1.807) is 7.05 Å². The van der Waals surface area contributed by atoms with Crippen molar-refractivity contribution < 1.29 is 14.3 Å². The summed E-state index contributed by atoms with van der Waals surface area (Å²) in [4.78, 5) is 15.4. The molecule has 0 radical (unpaired) electrons. The third kappa shape index (κ3) is 8.41. The number of aryl methyl sites for hydroxylation is 1. The molecule has 0 saturated carbocycles. The van der Waals surface area contributed by atoms with Crippen molar-refractivity contribution in [3.8, 4) is 5.75 Å². The molecule has 0 amide bonds. The molecule has 24 heavy (non-hydrogen) atoms. The van der Waals surface area contributed by atoms with E-state index in [1.807, 2.05) is 45.0 Å². The highest BCUT2D eigenvalue weighted by molar-refractivity contribution is 5.79. The van der Waals surface area contributed by atoms with Crippen LogP contribution < -0.4 is 15.4 Å². The molecule has 0 aliphatic carbocycles. The fraction of sp³-hybridized carbons (Fsp3) is 0.556. The number of guanidine groups is 1. The molecule has 6 nitrogen and oxygen atoms in total. The molecule has 6 heteroatoms. The minimum atomic E-state index is -0.164. The third-order valence-electron chi connectivity index (χ3n) is 3.26. The van der Waals surface area contributed by atoms with Crippen molar-refractivity contribution in [2.24, 2.45) is 4.99 Å². The highest BCUT2D eigenvalue weighted by Crippen LogP contribution is 2.13. The number of rotatable bonds is 9. The number of nitrogens with zero attached hydrogens (tertiary/aromatic N) is 1. The van der Waals surface area contributed by atoms with E-state index in [2.05, 4.69) is 15.6 Å². The van der Waals surface area contributed by atoms with Crippen LogP contribution in [-0.2, 0) is 9.53 Å². The van der Waals surface area contributed by atoms with Gasteiger partial charge in [-0.2, -0.15) is 0 Å². The van der Waals surface area contributed by atoms with Gasteiger partial charge in [0.15, 0.2) is 5.96 Å². The predicted molar refractivity (Wildman–Crippen MR) is 96.5 cm³/mol. The summed E-state index contributed by atoms with van der Waals surface area (Å²) in [6.45, 7) is 7.56. The Labute approximate surface area is 144 Å². The smallest absolute Gasteiger partial charge is 0.305 e. The lowest BCUT2D eigenvalue weighted by molar-refractivity contribution is -0.143. The maximum absolute atomic E-state index is 11.3. The lowest BCUT2D eigenvalue weighted by atomic mass is 10.2. The molecule has 2 N–H and O–H groups in total. The number of hydrogen-bond acceptors (Lipinski definition) is 4. The predicted octanol–water partition coefficient (Wildman–Crippen LogP) is 2.27. The van der Waals surface area contributed by atoms with Crippen LogP contribution in [0.4, 0.5) is 0 Å². The van der Waals surface area contributed by atoms with Crippen LogP contribution in [0.2, 0.25) is 0 Å². The van der Waals surface area contributed by atoms with E-state index in [-0.39, 0.29) is 12.1 Å². The first-order valence-electron chi connectivity index (χ1n) is 8.38. The minimum absolute atomic E-state index is 0.00452. The first-order valence-corrected chi connectivity index (χ1v) is 8.38. The van der Waals surface area contributed by atoms with Gasteiger partial charge in [0, 0.05) is 20.0 Å². The Morgan fingerprint density at radius 2 is 2.12 bits per heavy atom. The van der Waals surface area contributed by atoms with Crippen molar-refractivity contribution in [3.63, 3.8) is 0 Å². The fourth-order valence-corrected chi connectivity index (χ4v) is 2.10. The van der Waals surface area contributed by atoms with Crippen molar-refractivity contribution >= 4 is 11.9 Å². The Bertz CT molecular complexity index is 532. The summed E-state index contributed by atoms with van der Waals surface area (Å²) in [5, 5.41) is 6.39. The van der Waals surface area contributed by atoms with Gasteiger partial charge in [-0.25, -0.2) is 0 Å². The van der Waals surface area contributed by atoms with Gasteiger partial charge < -0.3 is 20.1 Å². The molecule has 0 saturated heterocycles. The Morgan fingerprint density at radius 1 is 1.33 bits per heavy atom. The first kappa shape index (κ1) is 19.8. The highest BCUT2D eigenvalue weighted by atomic mass is 16.5. The number of carbonyl (C=O) groups is 1. The van der Waals surface area contributed by atoms with Crippen LogP contribution in [-0.4, -0.2) is 44.8 Å². The zero-order chi connectivity index (χ0) is 17.8. The second-order valence-electron chi connectivity index (χ2n) is 5.53. The Morgan fingerprint density at radius 3 is 2.79 bits per heavy atom. The molecule has 1 aromatic carbocycles. The number of benzene rings is 1. The molecule has 1 aromatic rings. The van der Waals surface area contributed by atoms with Crippen LogP contribution in [0, 0.1) is 6.92 Å². The number of hydrogen-bond donors (Lipinski definition) is 2. The fourth-order valence-electron chi connectivity index (χ4n) is 2.10. The Balaban J connectivity index is 2.24. The molecule has 0 aliphatic rings. The van der Waals surface area contributed by atoms with Gasteiger partial charge in [0.1, 0.15) is 11.9 Å². The number of esters is 1. The van der Waals surface area contributed by atoms with E-state index in [0.29, 0.717) is 38.5 Å². The first-order chi connectivity index (χ1) is 11.5. The Kier molecular flexibility index (Phi) is 9.34. The molecular formula is C18H29N3O3. The second kappa shape index (κ2) is 11.3. The molecule has 1 unspecified atom stereocenters. The van der Waals surface area contributed by atoms with Crippen LogP contribution in [0.5, 0.6) is 5.75 Å². The molecular weight excluding hydrogens is 306 g/mol. The monoisotopic (exact) mass is 335 g/mol. The molecule has 0 aliphatic heterocycles. The third-order valence-corrected chi connectivity index (χ3v) is 3.26. The molecule has 0 heterocycles. The second-order valence-corrected chi connectivity index (χ2v) is 5.53. The van der Waals surface area contributed by atoms with Gasteiger partial charge in [-0.15, -0.1) is 0 Å². The van der Waals surface area contributed by atoms with E-state index in [4.69, 9.17) is 9.47 Å². The largest absolute Gasteiger partial charge is 0.489 e. The van der Waals surface area contributed by atoms with Gasteiger partial charge in [-0.3, -0.25) is 9.79 Å². The summed E-state index contributed by atoms with van der Waals surface area (Å²) in [6.07, 6.45) is 1.12. The molecule has 134 valence electrons. The van der Waals surface area contributed by atoms with E-state index in [0.717, 1.165) is 5.75 Å². The maximum Gasteiger partial charge on any atom is 0.305 e. The Hall–Kier alpha value is -2.24. The van der Waals surface area contributed by atoms with E-state index < -0.39 is 0 Å². The molecule has 1 rings (SSSR count). The van der Waals surface area contributed by atoms with Crippen LogP contribution in [0.1, 0.15) is 32.3 Å². The van der Waals surface area contributed by atoms with Gasteiger partial charge in [-0.1, -0.05) is 12.1 Å². The quantitative estimate of drug-likeness (QED) is 0.313. The van der Waals surface area contributed by atoms with Crippen LogP contribution >= 0.6 is 0 Å². The molecule has 0 spiro atoms. The topological polar surface area (TPSA) is 72.0 Å². The van der Waals surface area contributed by atoms with Crippen LogP contribution in [0.3, 0.4) is 0 Å². The summed E-state index contributed by atoms with van der Waals surface area (Å²) < 4.78 is 10.8. The summed E-state index contributed by atoms with van der Waals surface area (Å²) in [5.41, 5.74) is 1.17. The maximum atomic E-state index is 11.3. The summed E-state index contributed by atoms with van der Waals surface area (Å²) in [7, 11) is 1.72. The normalized spacial score (nSPS) is 12.4. The SMILES string of the molecule is CCOC(=O)CCCNC(=NC)NCC(C)Oc1cccc(C)c1. The average Bonchev–Trinajstić information content (AvgIpc) is 2.54. The highest BCUT2D eigenvalue weighted by Gasteiger charge is 2.06. The van der Waals surface area contributed by atoms with Crippen molar-refractivity contribution in [3.05, 3.63) is 29.8 Å². The minimum Gasteiger partial charge on any atom is -0.489 e. The van der Waals surface area contributed by atoms with Gasteiger partial charge in [0.2, 0.25) is 0 Å².